The molecule has 2 rings (SSSR count). The number of amides is 1. The van der Waals surface area contributed by atoms with Crippen LogP contribution < -0.4 is 0 Å². The molecule has 6 nitrogen and oxygen atoms in total. The van der Waals surface area contributed by atoms with Gasteiger partial charge in [0.25, 0.3) is 5.69 Å². The van der Waals surface area contributed by atoms with Crippen LogP contribution in [0.15, 0.2) is 24.3 Å². The highest BCUT2D eigenvalue weighted by Crippen LogP contribution is 2.42. The van der Waals surface area contributed by atoms with Crippen molar-refractivity contribution in [2.24, 2.45) is 0 Å². The summed E-state index contributed by atoms with van der Waals surface area (Å²) < 4.78 is 0. The molecular weight excluding hydrogens is 236 g/mol. The fraction of sp³-hybridized carbons (Fsp3) is 0.417. The molecule has 1 fully saturated rings. The van der Waals surface area contributed by atoms with E-state index < -0.39 is 16.6 Å². The van der Waals surface area contributed by atoms with Crippen molar-refractivity contribution in [1.82, 2.24) is 4.90 Å². The van der Waals surface area contributed by atoms with Crippen LogP contribution >= 0.6 is 0 Å². The summed E-state index contributed by atoms with van der Waals surface area (Å²) in [5.74, 6) is -0.219. The van der Waals surface area contributed by atoms with Crippen LogP contribution in [-0.4, -0.2) is 34.1 Å². The van der Waals surface area contributed by atoms with Crippen LogP contribution in [0.2, 0.25) is 0 Å². The molecular formula is C12H14N2O4. The summed E-state index contributed by atoms with van der Waals surface area (Å²) in [6.07, 6.45) is -0.985. The van der Waals surface area contributed by atoms with Crippen LogP contribution in [0.1, 0.15) is 18.9 Å². The van der Waals surface area contributed by atoms with Gasteiger partial charge in [-0.25, -0.2) is 0 Å². The van der Waals surface area contributed by atoms with Crippen LogP contribution in [0.4, 0.5) is 5.69 Å². The first-order chi connectivity index (χ1) is 8.38. The van der Waals surface area contributed by atoms with Gasteiger partial charge in [-0.05, 0) is 0 Å². The molecule has 0 aliphatic carbocycles. The first kappa shape index (κ1) is 12.5. The molecule has 1 aliphatic heterocycles. The Morgan fingerprint density at radius 1 is 1.50 bits per heavy atom. The van der Waals surface area contributed by atoms with Crippen molar-refractivity contribution in [2.75, 3.05) is 7.05 Å². The number of hydrogen-bond acceptors (Lipinski definition) is 4. The van der Waals surface area contributed by atoms with Crippen molar-refractivity contribution < 1.29 is 14.8 Å². The van der Waals surface area contributed by atoms with E-state index in [2.05, 4.69) is 0 Å². The molecule has 18 heavy (non-hydrogen) atoms. The van der Waals surface area contributed by atoms with E-state index in [0.29, 0.717) is 5.56 Å². The summed E-state index contributed by atoms with van der Waals surface area (Å²) in [5.41, 5.74) is -0.627. The number of para-hydroxylation sites is 1. The minimum absolute atomic E-state index is 0.0650. The molecule has 1 saturated heterocycles. The lowest BCUT2D eigenvalue weighted by atomic mass is 9.79. The molecule has 2 atom stereocenters. The number of hydrogen-bond donors (Lipinski definition) is 1. The lowest BCUT2D eigenvalue weighted by molar-refractivity contribution is -0.386. The van der Waals surface area contributed by atoms with Gasteiger partial charge in [0.2, 0.25) is 5.91 Å². The van der Waals surface area contributed by atoms with Gasteiger partial charge in [-0.15, -0.1) is 0 Å². The molecule has 96 valence electrons. The third-order valence-electron chi connectivity index (χ3n) is 3.56. The van der Waals surface area contributed by atoms with Gasteiger partial charge >= 0.3 is 0 Å². The molecule has 1 aromatic carbocycles. The number of carbonyl (C=O) groups is 1. The molecule has 0 aromatic heterocycles. The molecule has 0 radical (unpaired) electrons. The number of likely N-dealkylation sites (N-methyl/N-ethyl adjacent to an activating group) is 1. The number of carbonyl (C=O) groups excluding carboxylic acids is 1. The zero-order valence-corrected chi connectivity index (χ0v) is 10.2. The van der Waals surface area contributed by atoms with E-state index in [4.69, 9.17) is 0 Å². The van der Waals surface area contributed by atoms with E-state index in [9.17, 15) is 20.0 Å². The Labute approximate surface area is 104 Å². The summed E-state index contributed by atoms with van der Waals surface area (Å²) in [6.45, 7) is 1.67. The first-order valence-corrected chi connectivity index (χ1v) is 5.55. The molecule has 1 N–H and O–H groups in total. The van der Waals surface area contributed by atoms with Crippen LogP contribution in [0, 0.1) is 10.1 Å². The molecule has 0 bridgehead atoms. The lowest BCUT2D eigenvalue weighted by Gasteiger charge is -2.29. The third-order valence-corrected chi connectivity index (χ3v) is 3.56. The second-order valence-corrected chi connectivity index (χ2v) is 4.75. The topological polar surface area (TPSA) is 83.7 Å². The normalized spacial score (nSPS) is 27.6. The standard InChI is InChI=1S/C12H14N2O4/c1-12(7-10(15)13(2)11(12)16)8-5-3-4-6-9(8)14(17)18/h3-6,11,16H,7H2,1-2H3. The Bertz CT molecular complexity index is 517. The number of aliphatic hydroxyl groups excluding tert-OH is 1. The van der Waals surface area contributed by atoms with Crippen molar-refractivity contribution in [2.45, 2.75) is 25.0 Å². The second-order valence-electron chi connectivity index (χ2n) is 4.75. The first-order valence-electron chi connectivity index (χ1n) is 5.55. The maximum absolute atomic E-state index is 11.7. The number of nitro groups is 1. The van der Waals surface area contributed by atoms with Crippen LogP contribution in [0.3, 0.4) is 0 Å². The Morgan fingerprint density at radius 3 is 2.61 bits per heavy atom. The lowest BCUT2D eigenvalue weighted by Crippen LogP contribution is -2.39. The van der Waals surface area contributed by atoms with Gasteiger partial charge in [-0.2, -0.15) is 0 Å². The predicted molar refractivity (Wildman–Crippen MR) is 63.8 cm³/mol. The summed E-state index contributed by atoms with van der Waals surface area (Å²) in [7, 11) is 1.49. The average Bonchev–Trinajstić information content (AvgIpc) is 2.54. The largest absolute Gasteiger partial charge is 0.373 e. The summed E-state index contributed by atoms with van der Waals surface area (Å²) in [6, 6.07) is 6.21. The number of likely N-dealkylation sites (tertiary alicyclic amines) is 1. The van der Waals surface area contributed by atoms with E-state index in [0.717, 1.165) is 0 Å². The van der Waals surface area contributed by atoms with Gasteiger partial charge in [0, 0.05) is 25.1 Å². The Kier molecular flexibility index (Phi) is 2.82. The fourth-order valence-electron chi connectivity index (χ4n) is 2.44. The highest BCUT2D eigenvalue weighted by Gasteiger charge is 2.50. The van der Waals surface area contributed by atoms with E-state index in [1.165, 1.54) is 18.0 Å². The van der Waals surface area contributed by atoms with Gasteiger partial charge < -0.3 is 10.0 Å². The molecule has 1 amide bonds. The SMILES string of the molecule is CN1C(=O)CC(C)(c2ccccc2[N+](=O)[O-])C1O. The van der Waals surface area contributed by atoms with Crippen molar-refractivity contribution >= 4 is 11.6 Å². The molecule has 1 aliphatic rings. The summed E-state index contributed by atoms with van der Waals surface area (Å²) >= 11 is 0. The minimum atomic E-state index is -1.05. The predicted octanol–water partition coefficient (Wildman–Crippen LogP) is 1.03. The van der Waals surface area contributed by atoms with Gasteiger partial charge in [0.1, 0.15) is 6.23 Å². The number of nitro benzene ring substituents is 1. The van der Waals surface area contributed by atoms with Crippen LogP contribution in [0.5, 0.6) is 0 Å². The van der Waals surface area contributed by atoms with Gasteiger partial charge in [0.15, 0.2) is 0 Å². The van der Waals surface area contributed by atoms with Gasteiger partial charge in [-0.1, -0.05) is 25.1 Å². The number of aliphatic hydroxyl groups is 1. The highest BCUT2D eigenvalue weighted by molar-refractivity contribution is 5.81. The van der Waals surface area contributed by atoms with Crippen molar-refractivity contribution in [3.8, 4) is 0 Å². The van der Waals surface area contributed by atoms with Crippen molar-refractivity contribution in [1.29, 1.82) is 0 Å². The van der Waals surface area contributed by atoms with E-state index in [1.807, 2.05) is 0 Å². The Hall–Kier alpha value is -1.95. The zero-order valence-electron chi connectivity index (χ0n) is 10.2. The van der Waals surface area contributed by atoms with Crippen molar-refractivity contribution in [3.05, 3.63) is 39.9 Å². The second kappa shape index (κ2) is 4.06. The number of rotatable bonds is 2. The fourth-order valence-corrected chi connectivity index (χ4v) is 2.44. The summed E-state index contributed by atoms with van der Waals surface area (Å²) in [4.78, 5) is 23.4. The van der Waals surface area contributed by atoms with Crippen LogP contribution in [-0.2, 0) is 10.2 Å². The number of nitrogens with zero attached hydrogens (tertiary/aromatic N) is 2. The smallest absolute Gasteiger partial charge is 0.273 e. The van der Waals surface area contributed by atoms with Gasteiger partial charge in [-0.3, -0.25) is 14.9 Å². The molecule has 1 aromatic rings. The van der Waals surface area contributed by atoms with Crippen molar-refractivity contribution in [3.63, 3.8) is 0 Å². The molecule has 2 unspecified atom stereocenters. The quantitative estimate of drug-likeness (QED) is 0.627. The highest BCUT2D eigenvalue weighted by atomic mass is 16.6. The maximum atomic E-state index is 11.7. The molecule has 1 heterocycles. The monoisotopic (exact) mass is 250 g/mol. The van der Waals surface area contributed by atoms with Crippen LogP contribution in [0.25, 0.3) is 0 Å². The average molecular weight is 250 g/mol. The van der Waals surface area contributed by atoms with E-state index in [1.54, 1.807) is 25.1 Å². The third kappa shape index (κ3) is 1.65. The Balaban J connectivity index is 2.55. The maximum Gasteiger partial charge on any atom is 0.273 e. The molecule has 0 saturated carbocycles. The van der Waals surface area contributed by atoms with E-state index in [-0.39, 0.29) is 18.0 Å². The Morgan fingerprint density at radius 2 is 2.11 bits per heavy atom. The molecule has 0 spiro atoms. The number of benzene rings is 1. The minimum Gasteiger partial charge on any atom is -0.373 e. The summed E-state index contributed by atoms with van der Waals surface area (Å²) in [5, 5.41) is 21.1. The molecule has 6 heteroatoms. The van der Waals surface area contributed by atoms with Gasteiger partial charge in [0.05, 0.1) is 10.3 Å². The zero-order chi connectivity index (χ0) is 13.5. The van der Waals surface area contributed by atoms with E-state index >= 15 is 0 Å².